The van der Waals surface area contributed by atoms with Gasteiger partial charge in [-0.3, -0.25) is 4.79 Å². The zero-order valence-electron chi connectivity index (χ0n) is 19.7. The van der Waals surface area contributed by atoms with Gasteiger partial charge in [0.1, 0.15) is 13.2 Å². The SMILES string of the molecule is Cc1cc(C)c(S(=O)(=O)N2CCC(C(=O)NC(C)c3ccc4c(c3)OCCO4)CC2)c(C)c1. The van der Waals surface area contributed by atoms with Crippen molar-refractivity contribution in [2.45, 2.75) is 51.5 Å². The molecule has 1 N–H and O–H groups in total. The number of amides is 1. The van der Waals surface area contributed by atoms with E-state index in [1.807, 2.05) is 58.0 Å². The summed E-state index contributed by atoms with van der Waals surface area (Å²) in [6, 6.07) is 9.32. The van der Waals surface area contributed by atoms with E-state index in [-0.39, 0.29) is 17.9 Å². The Morgan fingerprint density at radius 1 is 1.00 bits per heavy atom. The van der Waals surface area contributed by atoms with Crippen LogP contribution in [0.4, 0.5) is 0 Å². The van der Waals surface area contributed by atoms with Gasteiger partial charge in [0.05, 0.1) is 10.9 Å². The highest BCUT2D eigenvalue weighted by atomic mass is 32.2. The number of aryl methyl sites for hydroxylation is 3. The summed E-state index contributed by atoms with van der Waals surface area (Å²) in [5.74, 6) is 1.16. The van der Waals surface area contributed by atoms with Crippen LogP contribution in [0, 0.1) is 26.7 Å². The number of hydrogen-bond donors (Lipinski definition) is 1. The maximum absolute atomic E-state index is 13.3. The molecule has 2 heterocycles. The molecule has 2 aliphatic rings. The van der Waals surface area contributed by atoms with Gasteiger partial charge in [-0.05, 0) is 69.4 Å². The van der Waals surface area contributed by atoms with Crippen LogP contribution in [-0.2, 0) is 14.8 Å². The fourth-order valence-corrected chi connectivity index (χ4v) is 6.69. The van der Waals surface area contributed by atoms with E-state index in [0.29, 0.717) is 49.8 Å². The third-order valence-corrected chi connectivity index (χ3v) is 8.66. The van der Waals surface area contributed by atoms with Crippen LogP contribution in [-0.4, -0.2) is 44.9 Å². The molecule has 33 heavy (non-hydrogen) atoms. The van der Waals surface area contributed by atoms with E-state index >= 15 is 0 Å². The van der Waals surface area contributed by atoms with Gasteiger partial charge < -0.3 is 14.8 Å². The number of rotatable bonds is 5. The van der Waals surface area contributed by atoms with Crippen LogP contribution in [0.2, 0.25) is 0 Å². The number of sulfonamides is 1. The summed E-state index contributed by atoms with van der Waals surface area (Å²) in [5, 5.41) is 3.08. The molecule has 1 saturated heterocycles. The predicted molar refractivity (Wildman–Crippen MR) is 126 cm³/mol. The van der Waals surface area contributed by atoms with E-state index < -0.39 is 10.0 Å². The Bertz CT molecular complexity index is 1130. The van der Waals surface area contributed by atoms with Crippen LogP contribution in [0.1, 0.15) is 48.1 Å². The van der Waals surface area contributed by atoms with Crippen molar-refractivity contribution >= 4 is 15.9 Å². The van der Waals surface area contributed by atoms with Crippen LogP contribution in [0.3, 0.4) is 0 Å². The Morgan fingerprint density at radius 2 is 1.61 bits per heavy atom. The van der Waals surface area contributed by atoms with Crippen molar-refractivity contribution in [2.75, 3.05) is 26.3 Å². The molecular formula is C25H32N2O5S. The minimum atomic E-state index is -3.59. The molecule has 178 valence electrons. The van der Waals surface area contributed by atoms with Gasteiger partial charge in [-0.2, -0.15) is 4.31 Å². The van der Waals surface area contributed by atoms with E-state index in [2.05, 4.69) is 5.32 Å². The highest BCUT2D eigenvalue weighted by Gasteiger charge is 2.34. The maximum atomic E-state index is 13.3. The topological polar surface area (TPSA) is 84.9 Å². The van der Waals surface area contributed by atoms with Crippen molar-refractivity contribution in [3.63, 3.8) is 0 Å². The molecule has 7 nitrogen and oxygen atoms in total. The van der Waals surface area contributed by atoms with E-state index in [1.165, 1.54) is 4.31 Å². The molecule has 0 radical (unpaired) electrons. The van der Waals surface area contributed by atoms with Gasteiger partial charge in [-0.25, -0.2) is 8.42 Å². The smallest absolute Gasteiger partial charge is 0.243 e. The lowest BCUT2D eigenvalue weighted by atomic mass is 9.96. The molecule has 8 heteroatoms. The fraction of sp³-hybridized carbons (Fsp3) is 0.480. The molecule has 0 aliphatic carbocycles. The third-order valence-electron chi connectivity index (χ3n) is 6.45. The first-order chi connectivity index (χ1) is 15.7. The molecule has 2 aromatic carbocycles. The largest absolute Gasteiger partial charge is 0.486 e. The molecule has 4 rings (SSSR count). The Hall–Kier alpha value is -2.58. The highest BCUT2D eigenvalue weighted by Crippen LogP contribution is 2.33. The van der Waals surface area contributed by atoms with Crippen LogP contribution >= 0.6 is 0 Å². The van der Waals surface area contributed by atoms with Crippen molar-refractivity contribution in [3.05, 3.63) is 52.6 Å². The second-order valence-corrected chi connectivity index (χ2v) is 10.9. The summed E-state index contributed by atoms with van der Waals surface area (Å²) in [7, 11) is -3.59. The standard InChI is InChI=1S/C25H32N2O5S/c1-16-13-17(2)24(18(3)14-16)33(29,30)27-9-7-20(8-10-27)25(28)26-19(4)21-5-6-22-23(15-21)32-12-11-31-22/h5-6,13-15,19-20H,7-12H2,1-4H3,(H,26,28). The monoisotopic (exact) mass is 472 g/mol. The Kier molecular flexibility index (Phi) is 6.68. The highest BCUT2D eigenvalue weighted by molar-refractivity contribution is 7.89. The summed E-state index contributed by atoms with van der Waals surface area (Å²) < 4.78 is 39.3. The average molecular weight is 473 g/mol. The Balaban J connectivity index is 1.38. The van der Waals surface area contributed by atoms with Crippen molar-refractivity contribution in [1.29, 1.82) is 0 Å². The van der Waals surface area contributed by atoms with Crippen LogP contribution < -0.4 is 14.8 Å². The van der Waals surface area contributed by atoms with Gasteiger partial charge in [-0.15, -0.1) is 0 Å². The number of ether oxygens (including phenoxy) is 2. The van der Waals surface area contributed by atoms with Crippen molar-refractivity contribution < 1.29 is 22.7 Å². The molecule has 0 aromatic heterocycles. The molecule has 1 unspecified atom stereocenters. The molecular weight excluding hydrogens is 440 g/mol. The zero-order valence-corrected chi connectivity index (χ0v) is 20.5. The molecule has 0 bridgehead atoms. The first kappa shape index (κ1) is 23.6. The van der Waals surface area contributed by atoms with Gasteiger partial charge in [-0.1, -0.05) is 23.8 Å². The molecule has 1 atom stereocenters. The molecule has 0 spiro atoms. The average Bonchev–Trinajstić information content (AvgIpc) is 2.78. The van der Waals surface area contributed by atoms with E-state index in [1.54, 1.807) is 0 Å². The summed E-state index contributed by atoms with van der Waals surface area (Å²) in [5.41, 5.74) is 3.52. The number of nitrogens with zero attached hydrogens (tertiary/aromatic N) is 1. The third kappa shape index (κ3) is 4.87. The predicted octanol–water partition coefficient (Wildman–Crippen LogP) is 3.66. The summed E-state index contributed by atoms with van der Waals surface area (Å²) in [4.78, 5) is 13.3. The van der Waals surface area contributed by atoms with Gasteiger partial charge in [0.15, 0.2) is 11.5 Å². The summed E-state index contributed by atoms with van der Waals surface area (Å²) in [6.07, 6.45) is 1.01. The van der Waals surface area contributed by atoms with Gasteiger partial charge in [0, 0.05) is 19.0 Å². The van der Waals surface area contributed by atoms with Crippen molar-refractivity contribution in [2.24, 2.45) is 5.92 Å². The quantitative estimate of drug-likeness (QED) is 0.718. The molecule has 2 aromatic rings. The second-order valence-electron chi connectivity index (χ2n) is 9.04. The van der Waals surface area contributed by atoms with Gasteiger partial charge in [0.25, 0.3) is 0 Å². The second kappa shape index (κ2) is 9.35. The first-order valence-electron chi connectivity index (χ1n) is 11.4. The number of nitrogens with one attached hydrogen (secondary N) is 1. The number of hydrogen-bond acceptors (Lipinski definition) is 5. The summed E-state index contributed by atoms with van der Waals surface area (Å²) in [6.45, 7) is 9.31. The maximum Gasteiger partial charge on any atom is 0.243 e. The molecule has 2 aliphatic heterocycles. The number of benzene rings is 2. The van der Waals surface area contributed by atoms with E-state index in [9.17, 15) is 13.2 Å². The minimum absolute atomic E-state index is 0.0443. The minimum Gasteiger partial charge on any atom is -0.486 e. The molecule has 1 amide bonds. The van der Waals surface area contributed by atoms with Gasteiger partial charge >= 0.3 is 0 Å². The van der Waals surface area contributed by atoms with Crippen LogP contribution in [0.25, 0.3) is 0 Å². The van der Waals surface area contributed by atoms with Crippen molar-refractivity contribution in [3.8, 4) is 11.5 Å². The lowest BCUT2D eigenvalue weighted by molar-refractivity contribution is -0.126. The number of piperidine rings is 1. The van der Waals surface area contributed by atoms with E-state index in [4.69, 9.17) is 9.47 Å². The van der Waals surface area contributed by atoms with Crippen LogP contribution in [0.15, 0.2) is 35.2 Å². The lowest BCUT2D eigenvalue weighted by Gasteiger charge is -2.32. The summed E-state index contributed by atoms with van der Waals surface area (Å²) >= 11 is 0. The van der Waals surface area contributed by atoms with E-state index in [0.717, 1.165) is 28.0 Å². The normalized spacial score (nSPS) is 18.1. The van der Waals surface area contributed by atoms with Crippen molar-refractivity contribution in [1.82, 2.24) is 9.62 Å². The Labute approximate surface area is 196 Å². The Morgan fingerprint density at radius 3 is 2.24 bits per heavy atom. The lowest BCUT2D eigenvalue weighted by Crippen LogP contribution is -2.43. The number of carbonyl (C=O) groups excluding carboxylic acids is 1. The number of fused-ring (bicyclic) bond motifs is 1. The first-order valence-corrected chi connectivity index (χ1v) is 12.9. The van der Waals surface area contributed by atoms with Gasteiger partial charge in [0.2, 0.25) is 15.9 Å². The molecule has 1 fully saturated rings. The fourth-order valence-electron chi connectivity index (χ4n) is 4.80. The van der Waals surface area contributed by atoms with Crippen LogP contribution in [0.5, 0.6) is 11.5 Å². The number of carbonyl (C=O) groups is 1. The zero-order chi connectivity index (χ0) is 23.8. The molecule has 0 saturated carbocycles.